The van der Waals surface area contributed by atoms with Gasteiger partial charge in [-0.15, -0.1) is 0 Å². The van der Waals surface area contributed by atoms with Crippen LogP contribution in [0.15, 0.2) is 45.6 Å². The third-order valence-electron chi connectivity index (χ3n) is 6.35. The van der Waals surface area contributed by atoms with Crippen LogP contribution >= 0.6 is 0 Å². The van der Waals surface area contributed by atoms with Crippen LogP contribution in [0.25, 0.3) is 22.3 Å². The molecule has 1 aromatic heterocycles. The van der Waals surface area contributed by atoms with E-state index in [9.17, 15) is 35.1 Å². The number of benzene rings is 2. The van der Waals surface area contributed by atoms with Crippen molar-refractivity contribution in [2.24, 2.45) is 5.92 Å². The first kappa shape index (κ1) is 26.3. The van der Waals surface area contributed by atoms with Gasteiger partial charge in [0, 0.05) is 17.7 Å². The fourth-order valence-corrected chi connectivity index (χ4v) is 3.93. The van der Waals surface area contributed by atoms with E-state index in [0.29, 0.717) is 12.0 Å². The van der Waals surface area contributed by atoms with Gasteiger partial charge in [0.05, 0.1) is 12.0 Å². The fourth-order valence-electron chi connectivity index (χ4n) is 3.93. The fraction of sp³-hybridized carbons (Fsp3) is 0.385. The Labute approximate surface area is 211 Å². The number of aliphatic hydroxyl groups excluding tert-OH is 2. The molecule has 198 valence electrons. The molecule has 0 spiro atoms. The van der Waals surface area contributed by atoms with Gasteiger partial charge in [-0.05, 0) is 37.6 Å². The normalized spacial score (nSPS) is 24.5. The molecule has 0 amide bonds. The molecule has 4 rings (SSSR count). The Bertz CT molecular complexity index is 1350. The maximum Gasteiger partial charge on any atom is 0.309 e. The highest BCUT2D eigenvalue weighted by atomic mass is 16.7. The Morgan fingerprint density at radius 1 is 1.08 bits per heavy atom. The number of aliphatic hydroxyl groups is 2. The van der Waals surface area contributed by atoms with Crippen LogP contribution in [-0.4, -0.2) is 62.2 Å². The second-order valence-electron chi connectivity index (χ2n) is 8.99. The lowest BCUT2D eigenvalue weighted by molar-refractivity contribution is -0.273. The smallest absolute Gasteiger partial charge is 0.309 e. The molecule has 1 saturated heterocycles. The van der Waals surface area contributed by atoms with Crippen molar-refractivity contribution in [2.45, 2.75) is 57.9 Å². The lowest BCUT2D eigenvalue weighted by atomic mass is 9.99. The Morgan fingerprint density at radius 2 is 1.76 bits per heavy atom. The highest BCUT2D eigenvalue weighted by molar-refractivity contribution is 5.88. The Hall–Kier alpha value is -3.80. The number of phenolic OH excluding ortho intramolecular Hbond substituents is 2. The average Bonchev–Trinajstić information content (AvgIpc) is 2.86. The van der Waals surface area contributed by atoms with E-state index < -0.39 is 59.5 Å². The lowest BCUT2D eigenvalue weighted by Gasteiger charge is -2.40. The first-order chi connectivity index (χ1) is 17.5. The third-order valence-corrected chi connectivity index (χ3v) is 6.35. The van der Waals surface area contributed by atoms with Gasteiger partial charge in [0.15, 0.2) is 18.0 Å². The zero-order valence-electron chi connectivity index (χ0n) is 20.3. The van der Waals surface area contributed by atoms with Crippen molar-refractivity contribution in [1.29, 1.82) is 0 Å². The number of ether oxygens (including phenoxy) is 3. The topological polar surface area (TPSA) is 176 Å². The van der Waals surface area contributed by atoms with Crippen molar-refractivity contribution in [3.8, 4) is 34.3 Å². The Kier molecular flexibility index (Phi) is 7.30. The molecule has 11 heteroatoms. The molecule has 6 unspecified atom stereocenters. The maximum absolute atomic E-state index is 12.8. The summed E-state index contributed by atoms with van der Waals surface area (Å²) >= 11 is 0. The molecule has 11 nitrogen and oxygen atoms in total. The number of hydrogen-bond acceptors (Lipinski definition) is 11. The number of aromatic hydroxyl groups is 3. The van der Waals surface area contributed by atoms with Crippen LogP contribution in [0.2, 0.25) is 0 Å². The summed E-state index contributed by atoms with van der Waals surface area (Å²) in [4.78, 5) is 25.1. The number of rotatable bonds is 6. The summed E-state index contributed by atoms with van der Waals surface area (Å²) in [5, 5.41) is 51.3. The van der Waals surface area contributed by atoms with Gasteiger partial charge in [-0.2, -0.15) is 0 Å². The van der Waals surface area contributed by atoms with E-state index in [2.05, 4.69) is 0 Å². The van der Waals surface area contributed by atoms with E-state index in [1.54, 1.807) is 13.8 Å². The van der Waals surface area contributed by atoms with Crippen LogP contribution in [-0.2, 0) is 14.3 Å². The Morgan fingerprint density at radius 3 is 2.41 bits per heavy atom. The quantitative estimate of drug-likeness (QED) is 0.304. The van der Waals surface area contributed by atoms with Crippen molar-refractivity contribution >= 4 is 16.9 Å². The van der Waals surface area contributed by atoms with Crippen LogP contribution in [0.3, 0.4) is 0 Å². The number of esters is 1. The van der Waals surface area contributed by atoms with Crippen LogP contribution in [0.4, 0.5) is 0 Å². The minimum atomic E-state index is -1.59. The standard InChI is InChI=1S/C26H28O11/c1-4-11(2)25(33)37-24-19(29)12(3)34-26(22(24)32)35-15-9-16(28)18-17(10-15)36-23(21(31)20(18)30)13-5-7-14(27)8-6-13/h5-12,19,22,24,26-29,31-32H,4H2,1-3H3. The zero-order chi connectivity index (χ0) is 27.0. The van der Waals surface area contributed by atoms with Gasteiger partial charge >= 0.3 is 5.97 Å². The first-order valence-corrected chi connectivity index (χ1v) is 11.7. The molecule has 5 N–H and O–H groups in total. The van der Waals surface area contributed by atoms with Crippen molar-refractivity contribution in [2.75, 3.05) is 0 Å². The predicted molar refractivity (Wildman–Crippen MR) is 129 cm³/mol. The van der Waals surface area contributed by atoms with Crippen molar-refractivity contribution in [3.63, 3.8) is 0 Å². The highest BCUT2D eigenvalue weighted by Gasteiger charge is 2.46. The Balaban J connectivity index is 1.67. The van der Waals surface area contributed by atoms with Crippen LogP contribution < -0.4 is 10.2 Å². The molecule has 2 heterocycles. The summed E-state index contributed by atoms with van der Waals surface area (Å²) in [6.45, 7) is 4.98. The molecule has 6 atom stereocenters. The summed E-state index contributed by atoms with van der Waals surface area (Å²) in [6.07, 6.45) is -6.02. The molecule has 0 aliphatic carbocycles. The molecule has 0 radical (unpaired) electrons. The van der Waals surface area contributed by atoms with Crippen molar-refractivity contribution in [1.82, 2.24) is 0 Å². The highest BCUT2D eigenvalue weighted by Crippen LogP contribution is 2.37. The molecule has 2 aromatic carbocycles. The summed E-state index contributed by atoms with van der Waals surface area (Å²) in [5.74, 6) is -2.64. The molecule has 3 aromatic rings. The van der Waals surface area contributed by atoms with Crippen molar-refractivity contribution in [3.05, 3.63) is 46.6 Å². The summed E-state index contributed by atoms with van der Waals surface area (Å²) in [5.41, 5.74) is -0.741. The van der Waals surface area contributed by atoms with Gasteiger partial charge in [0.2, 0.25) is 17.5 Å². The first-order valence-electron chi connectivity index (χ1n) is 11.7. The van der Waals surface area contributed by atoms with Gasteiger partial charge < -0.3 is 44.2 Å². The predicted octanol–water partition coefficient (Wildman–Crippen LogP) is 2.38. The molecule has 37 heavy (non-hydrogen) atoms. The van der Waals surface area contributed by atoms with Crippen LogP contribution in [0.5, 0.6) is 23.0 Å². The number of phenols is 2. The zero-order valence-corrected chi connectivity index (χ0v) is 20.3. The summed E-state index contributed by atoms with van der Waals surface area (Å²) in [7, 11) is 0. The second-order valence-corrected chi connectivity index (χ2v) is 8.99. The number of hydrogen-bond donors (Lipinski definition) is 5. The number of carbonyl (C=O) groups excluding carboxylic acids is 1. The molecular weight excluding hydrogens is 488 g/mol. The number of carbonyl (C=O) groups is 1. The van der Waals surface area contributed by atoms with Gasteiger partial charge in [-0.3, -0.25) is 9.59 Å². The third kappa shape index (κ3) is 5.06. The lowest BCUT2D eigenvalue weighted by Crippen LogP contribution is -2.59. The molecule has 1 aliphatic rings. The van der Waals surface area contributed by atoms with Crippen LogP contribution in [0.1, 0.15) is 27.2 Å². The minimum absolute atomic E-state index is 0.0294. The van der Waals surface area contributed by atoms with E-state index in [0.717, 1.165) is 6.07 Å². The summed E-state index contributed by atoms with van der Waals surface area (Å²) in [6, 6.07) is 7.88. The van der Waals surface area contributed by atoms with Crippen molar-refractivity contribution < 1.29 is 49.0 Å². The van der Waals surface area contributed by atoms with E-state index in [1.165, 1.54) is 37.3 Å². The molecule has 0 bridgehead atoms. The SMILES string of the molecule is CCC(C)C(=O)OC1C(O)C(C)OC(Oc2cc(O)c3c(=O)c(O)c(-c4ccc(O)cc4)oc3c2)C1O. The monoisotopic (exact) mass is 516 g/mol. The minimum Gasteiger partial charge on any atom is -0.508 e. The van der Waals surface area contributed by atoms with Gasteiger partial charge in [-0.1, -0.05) is 13.8 Å². The van der Waals surface area contributed by atoms with Gasteiger partial charge in [-0.25, -0.2) is 0 Å². The largest absolute Gasteiger partial charge is 0.508 e. The summed E-state index contributed by atoms with van der Waals surface area (Å²) < 4.78 is 22.3. The molecular formula is C26H28O11. The maximum atomic E-state index is 12.8. The van der Waals surface area contributed by atoms with Crippen LogP contribution in [0, 0.1) is 5.92 Å². The number of fused-ring (bicyclic) bond motifs is 1. The van der Waals surface area contributed by atoms with E-state index in [-0.39, 0.29) is 28.2 Å². The molecule has 1 fully saturated rings. The van der Waals surface area contributed by atoms with E-state index >= 15 is 0 Å². The van der Waals surface area contributed by atoms with Gasteiger partial charge in [0.1, 0.15) is 34.3 Å². The second kappa shape index (κ2) is 10.3. The molecule has 0 saturated carbocycles. The molecule has 1 aliphatic heterocycles. The van der Waals surface area contributed by atoms with E-state index in [1.807, 2.05) is 0 Å². The van der Waals surface area contributed by atoms with Gasteiger partial charge in [0.25, 0.3) is 0 Å². The average molecular weight is 516 g/mol. The van der Waals surface area contributed by atoms with E-state index in [4.69, 9.17) is 18.6 Å².